The summed E-state index contributed by atoms with van der Waals surface area (Å²) in [5.41, 5.74) is 1.18. The van der Waals surface area contributed by atoms with Gasteiger partial charge in [-0.2, -0.15) is 0 Å². The number of carbonyl (C=O) groups is 1. The standard InChI is InChI=1S/C11H10ClN3O2/c1-7-5-15(6-14-7)10-9(12)3-8(4-13-10)11(16)17-2/h3-6H,1-2H3. The molecule has 0 saturated carbocycles. The van der Waals surface area contributed by atoms with Gasteiger partial charge in [0.15, 0.2) is 5.82 Å². The Kier molecular flexibility index (Phi) is 3.10. The van der Waals surface area contributed by atoms with Crippen molar-refractivity contribution in [3.05, 3.63) is 41.1 Å². The van der Waals surface area contributed by atoms with Gasteiger partial charge in [-0.05, 0) is 13.0 Å². The molecule has 0 fully saturated rings. The van der Waals surface area contributed by atoms with E-state index < -0.39 is 5.97 Å². The molecule has 2 rings (SSSR count). The third kappa shape index (κ3) is 2.29. The maximum atomic E-state index is 11.3. The Labute approximate surface area is 103 Å². The molecule has 0 aliphatic heterocycles. The Morgan fingerprint density at radius 3 is 2.76 bits per heavy atom. The van der Waals surface area contributed by atoms with Crippen LogP contribution in [0.2, 0.25) is 5.02 Å². The number of pyridine rings is 1. The second-order valence-corrected chi connectivity index (χ2v) is 3.85. The van der Waals surface area contributed by atoms with Crippen molar-refractivity contribution in [3.63, 3.8) is 0 Å². The molecule has 88 valence electrons. The summed E-state index contributed by atoms with van der Waals surface area (Å²) in [6.07, 6.45) is 4.83. The van der Waals surface area contributed by atoms with Gasteiger partial charge in [-0.25, -0.2) is 14.8 Å². The third-order valence-electron chi connectivity index (χ3n) is 2.20. The molecule has 0 unspecified atom stereocenters. The van der Waals surface area contributed by atoms with Crippen LogP contribution < -0.4 is 0 Å². The lowest BCUT2D eigenvalue weighted by Gasteiger charge is -2.05. The lowest BCUT2D eigenvalue weighted by atomic mass is 10.3. The minimum Gasteiger partial charge on any atom is -0.465 e. The topological polar surface area (TPSA) is 57.0 Å². The van der Waals surface area contributed by atoms with Crippen molar-refractivity contribution in [2.75, 3.05) is 7.11 Å². The van der Waals surface area contributed by atoms with Gasteiger partial charge >= 0.3 is 5.97 Å². The van der Waals surface area contributed by atoms with Gasteiger partial charge in [0.05, 0.1) is 23.4 Å². The lowest BCUT2D eigenvalue weighted by molar-refractivity contribution is 0.0600. The third-order valence-corrected chi connectivity index (χ3v) is 2.48. The van der Waals surface area contributed by atoms with Crippen LogP contribution in [0.1, 0.15) is 16.1 Å². The Balaban J connectivity index is 2.41. The number of esters is 1. The Hall–Kier alpha value is -1.88. The minimum atomic E-state index is -0.465. The monoisotopic (exact) mass is 251 g/mol. The fourth-order valence-corrected chi connectivity index (χ4v) is 1.65. The molecule has 0 spiro atoms. The van der Waals surface area contributed by atoms with Crippen LogP contribution >= 0.6 is 11.6 Å². The molecule has 2 aromatic rings. The first-order valence-corrected chi connectivity index (χ1v) is 5.24. The normalized spacial score (nSPS) is 10.3. The predicted octanol–water partition coefficient (Wildman–Crippen LogP) is 2.02. The summed E-state index contributed by atoms with van der Waals surface area (Å²) in [6, 6.07) is 1.52. The number of nitrogens with zero attached hydrogens (tertiary/aromatic N) is 3. The highest BCUT2D eigenvalue weighted by Crippen LogP contribution is 2.19. The molecule has 0 aliphatic carbocycles. The van der Waals surface area contributed by atoms with Crippen molar-refractivity contribution in [2.45, 2.75) is 6.92 Å². The van der Waals surface area contributed by atoms with Crippen molar-refractivity contribution in [3.8, 4) is 5.82 Å². The Morgan fingerprint density at radius 2 is 2.24 bits per heavy atom. The van der Waals surface area contributed by atoms with Crippen LogP contribution in [0.25, 0.3) is 5.82 Å². The van der Waals surface area contributed by atoms with Crippen molar-refractivity contribution < 1.29 is 9.53 Å². The van der Waals surface area contributed by atoms with Crippen LogP contribution in [0.15, 0.2) is 24.8 Å². The van der Waals surface area contributed by atoms with E-state index in [1.165, 1.54) is 19.4 Å². The maximum absolute atomic E-state index is 11.3. The summed E-state index contributed by atoms with van der Waals surface area (Å²) >= 11 is 6.06. The summed E-state index contributed by atoms with van der Waals surface area (Å²) in [5.74, 6) is 0.0627. The van der Waals surface area contributed by atoms with E-state index >= 15 is 0 Å². The molecule has 2 heterocycles. The SMILES string of the molecule is COC(=O)c1cnc(-n2cnc(C)c2)c(Cl)c1. The molecule has 0 atom stereocenters. The molecule has 0 aliphatic rings. The van der Waals surface area contributed by atoms with Gasteiger partial charge in [-0.15, -0.1) is 0 Å². The number of hydrogen-bond acceptors (Lipinski definition) is 4. The van der Waals surface area contributed by atoms with E-state index in [4.69, 9.17) is 11.6 Å². The zero-order valence-electron chi connectivity index (χ0n) is 9.35. The molecule has 0 bridgehead atoms. The molecule has 0 saturated heterocycles. The Bertz CT molecular complexity index is 566. The predicted molar refractivity (Wildman–Crippen MR) is 62.4 cm³/mol. The van der Waals surface area contributed by atoms with E-state index in [1.807, 2.05) is 6.92 Å². The smallest absolute Gasteiger partial charge is 0.339 e. The number of carbonyl (C=O) groups excluding carboxylic acids is 1. The first-order valence-electron chi connectivity index (χ1n) is 4.86. The average molecular weight is 252 g/mol. The quantitative estimate of drug-likeness (QED) is 0.766. The first-order chi connectivity index (χ1) is 8.11. The number of rotatable bonds is 2. The molecule has 0 N–H and O–H groups in total. The first kappa shape index (κ1) is 11.6. The van der Waals surface area contributed by atoms with Crippen LogP contribution in [0, 0.1) is 6.92 Å². The Morgan fingerprint density at radius 1 is 1.47 bits per heavy atom. The minimum absolute atomic E-state index is 0.318. The number of aromatic nitrogens is 3. The van der Waals surface area contributed by atoms with Gasteiger partial charge in [-0.1, -0.05) is 11.6 Å². The lowest BCUT2D eigenvalue weighted by Crippen LogP contribution is -2.04. The average Bonchev–Trinajstić information content (AvgIpc) is 2.74. The van der Waals surface area contributed by atoms with Gasteiger partial charge in [0, 0.05) is 12.4 Å². The number of methoxy groups -OCH3 is 1. The highest BCUT2D eigenvalue weighted by atomic mass is 35.5. The molecular weight excluding hydrogens is 242 g/mol. The van der Waals surface area contributed by atoms with Crippen molar-refractivity contribution in [1.82, 2.24) is 14.5 Å². The second-order valence-electron chi connectivity index (χ2n) is 3.44. The molecule has 17 heavy (non-hydrogen) atoms. The van der Waals surface area contributed by atoms with Crippen LogP contribution in [-0.2, 0) is 4.74 Å². The largest absolute Gasteiger partial charge is 0.465 e. The van der Waals surface area contributed by atoms with Gasteiger partial charge in [0.1, 0.15) is 6.33 Å². The molecule has 6 heteroatoms. The van der Waals surface area contributed by atoms with E-state index in [1.54, 1.807) is 17.1 Å². The highest BCUT2D eigenvalue weighted by Gasteiger charge is 2.11. The van der Waals surface area contributed by atoms with Gasteiger partial charge < -0.3 is 4.74 Å². The zero-order valence-corrected chi connectivity index (χ0v) is 10.1. The molecule has 0 amide bonds. The number of hydrogen-bond donors (Lipinski definition) is 0. The van der Waals surface area contributed by atoms with Crippen LogP contribution in [0.4, 0.5) is 0 Å². The van der Waals surface area contributed by atoms with Crippen molar-refractivity contribution in [1.29, 1.82) is 0 Å². The summed E-state index contributed by atoms with van der Waals surface area (Å²) < 4.78 is 6.28. The van der Waals surface area contributed by atoms with E-state index in [0.717, 1.165) is 5.69 Å². The van der Waals surface area contributed by atoms with E-state index in [-0.39, 0.29) is 0 Å². The summed E-state index contributed by atoms with van der Waals surface area (Å²) in [6.45, 7) is 1.87. The van der Waals surface area contributed by atoms with Gasteiger partial charge in [-0.3, -0.25) is 4.57 Å². The summed E-state index contributed by atoms with van der Waals surface area (Å²) in [7, 11) is 1.31. The van der Waals surface area contributed by atoms with Crippen LogP contribution in [-0.4, -0.2) is 27.6 Å². The van der Waals surface area contributed by atoms with Gasteiger partial charge in [0.25, 0.3) is 0 Å². The summed E-state index contributed by atoms with van der Waals surface area (Å²) in [4.78, 5) is 19.5. The highest BCUT2D eigenvalue weighted by molar-refractivity contribution is 6.32. The second kappa shape index (κ2) is 4.55. The summed E-state index contributed by atoms with van der Waals surface area (Å²) in [5, 5.41) is 0.366. The molecule has 5 nitrogen and oxygen atoms in total. The fraction of sp³-hybridized carbons (Fsp3) is 0.182. The van der Waals surface area contributed by atoms with E-state index in [2.05, 4.69) is 14.7 Å². The number of halogens is 1. The molecule has 0 aromatic carbocycles. The zero-order chi connectivity index (χ0) is 12.4. The maximum Gasteiger partial charge on any atom is 0.339 e. The number of imidazole rings is 1. The fourth-order valence-electron chi connectivity index (χ4n) is 1.39. The number of ether oxygens (including phenoxy) is 1. The molecule has 0 radical (unpaired) electrons. The van der Waals surface area contributed by atoms with E-state index in [9.17, 15) is 4.79 Å². The van der Waals surface area contributed by atoms with Crippen LogP contribution in [0.3, 0.4) is 0 Å². The van der Waals surface area contributed by atoms with Crippen LogP contribution in [0.5, 0.6) is 0 Å². The van der Waals surface area contributed by atoms with Crippen molar-refractivity contribution >= 4 is 17.6 Å². The number of aryl methyl sites for hydroxylation is 1. The molecule has 2 aromatic heterocycles. The van der Waals surface area contributed by atoms with Crippen molar-refractivity contribution in [2.24, 2.45) is 0 Å². The van der Waals surface area contributed by atoms with E-state index in [0.29, 0.717) is 16.4 Å². The molecular formula is C11H10ClN3O2. The van der Waals surface area contributed by atoms with Gasteiger partial charge in [0.2, 0.25) is 0 Å².